The number of ether oxygens (including phenoxy) is 1. The van der Waals surface area contributed by atoms with E-state index in [2.05, 4.69) is 5.32 Å². The highest BCUT2D eigenvalue weighted by Gasteiger charge is 2.11. The van der Waals surface area contributed by atoms with Gasteiger partial charge >= 0.3 is 0 Å². The molecule has 1 aromatic carbocycles. The summed E-state index contributed by atoms with van der Waals surface area (Å²) in [6.45, 7) is 3.62. The molecule has 0 aliphatic rings. The molecule has 0 spiro atoms. The monoisotopic (exact) mass is 229 g/mol. The standard InChI is InChI=1S/C11H16ClNO2/c1-7(8(2)14)13-10-6-9(12)4-5-11(10)15-3/h4-8,13-14H,1-3H3. The molecule has 1 aromatic rings. The zero-order valence-electron chi connectivity index (χ0n) is 9.12. The van der Waals surface area contributed by atoms with Crippen LogP contribution in [-0.2, 0) is 0 Å². The van der Waals surface area contributed by atoms with Crippen molar-refractivity contribution in [2.45, 2.75) is 26.0 Å². The first-order valence-electron chi connectivity index (χ1n) is 4.82. The normalized spacial score (nSPS) is 14.5. The highest BCUT2D eigenvalue weighted by atomic mass is 35.5. The molecule has 0 aliphatic heterocycles. The Balaban J connectivity index is 2.87. The van der Waals surface area contributed by atoms with E-state index >= 15 is 0 Å². The first-order valence-corrected chi connectivity index (χ1v) is 5.20. The van der Waals surface area contributed by atoms with Crippen molar-refractivity contribution in [2.24, 2.45) is 0 Å². The third-order valence-electron chi connectivity index (χ3n) is 2.27. The largest absolute Gasteiger partial charge is 0.495 e. The van der Waals surface area contributed by atoms with Crippen LogP contribution < -0.4 is 10.1 Å². The van der Waals surface area contributed by atoms with Crippen molar-refractivity contribution >= 4 is 17.3 Å². The Morgan fingerprint density at radius 1 is 1.40 bits per heavy atom. The number of rotatable bonds is 4. The Morgan fingerprint density at radius 2 is 2.07 bits per heavy atom. The maximum absolute atomic E-state index is 9.38. The molecule has 15 heavy (non-hydrogen) atoms. The molecule has 3 nitrogen and oxygen atoms in total. The smallest absolute Gasteiger partial charge is 0.142 e. The van der Waals surface area contributed by atoms with Gasteiger partial charge in [-0.2, -0.15) is 0 Å². The van der Waals surface area contributed by atoms with Crippen molar-refractivity contribution in [3.8, 4) is 5.75 Å². The number of methoxy groups -OCH3 is 1. The molecule has 4 heteroatoms. The topological polar surface area (TPSA) is 41.5 Å². The van der Waals surface area contributed by atoms with E-state index in [4.69, 9.17) is 16.3 Å². The van der Waals surface area contributed by atoms with Gasteiger partial charge in [0.05, 0.1) is 18.9 Å². The van der Waals surface area contributed by atoms with Crippen LogP contribution in [0, 0.1) is 0 Å². The van der Waals surface area contributed by atoms with Gasteiger partial charge in [-0.3, -0.25) is 0 Å². The molecule has 0 heterocycles. The van der Waals surface area contributed by atoms with Gasteiger partial charge in [0.2, 0.25) is 0 Å². The second kappa shape index (κ2) is 5.24. The van der Waals surface area contributed by atoms with Gasteiger partial charge < -0.3 is 15.2 Å². The fourth-order valence-corrected chi connectivity index (χ4v) is 1.33. The summed E-state index contributed by atoms with van der Waals surface area (Å²) in [7, 11) is 1.60. The van der Waals surface area contributed by atoms with E-state index in [0.29, 0.717) is 10.8 Å². The second-order valence-electron chi connectivity index (χ2n) is 3.52. The van der Waals surface area contributed by atoms with Gasteiger partial charge in [0.1, 0.15) is 5.75 Å². The number of nitrogens with one attached hydrogen (secondary N) is 1. The summed E-state index contributed by atoms with van der Waals surface area (Å²) in [6.07, 6.45) is -0.436. The summed E-state index contributed by atoms with van der Waals surface area (Å²) in [5.41, 5.74) is 0.790. The number of aliphatic hydroxyl groups is 1. The van der Waals surface area contributed by atoms with Crippen molar-refractivity contribution in [3.05, 3.63) is 23.2 Å². The zero-order chi connectivity index (χ0) is 11.4. The average Bonchev–Trinajstić information content (AvgIpc) is 2.18. The molecule has 84 valence electrons. The third kappa shape index (κ3) is 3.29. The van der Waals surface area contributed by atoms with Crippen LogP contribution in [0.4, 0.5) is 5.69 Å². The molecule has 0 fully saturated rings. The van der Waals surface area contributed by atoms with Crippen LogP contribution in [0.15, 0.2) is 18.2 Å². The van der Waals surface area contributed by atoms with Crippen molar-refractivity contribution in [1.29, 1.82) is 0 Å². The Labute approximate surface area is 95.0 Å². The van der Waals surface area contributed by atoms with Gasteiger partial charge in [0.25, 0.3) is 0 Å². The van der Waals surface area contributed by atoms with E-state index in [-0.39, 0.29) is 6.04 Å². The third-order valence-corrected chi connectivity index (χ3v) is 2.50. The molecule has 0 saturated carbocycles. The molecule has 0 bridgehead atoms. The van der Waals surface area contributed by atoms with Gasteiger partial charge in [-0.1, -0.05) is 11.6 Å². The molecule has 0 radical (unpaired) electrons. The maximum atomic E-state index is 9.38. The highest BCUT2D eigenvalue weighted by molar-refractivity contribution is 6.30. The van der Waals surface area contributed by atoms with Crippen LogP contribution in [0.25, 0.3) is 0 Å². The van der Waals surface area contributed by atoms with Gasteiger partial charge in [-0.15, -0.1) is 0 Å². The lowest BCUT2D eigenvalue weighted by molar-refractivity contribution is 0.177. The molecular formula is C11H16ClNO2. The van der Waals surface area contributed by atoms with Crippen molar-refractivity contribution in [1.82, 2.24) is 0 Å². The highest BCUT2D eigenvalue weighted by Crippen LogP contribution is 2.28. The van der Waals surface area contributed by atoms with E-state index in [1.807, 2.05) is 6.92 Å². The van der Waals surface area contributed by atoms with Gasteiger partial charge in [-0.05, 0) is 32.0 Å². The van der Waals surface area contributed by atoms with Gasteiger partial charge in [0, 0.05) is 11.1 Å². The van der Waals surface area contributed by atoms with E-state index in [1.54, 1.807) is 32.2 Å². The van der Waals surface area contributed by atoms with Crippen molar-refractivity contribution in [3.63, 3.8) is 0 Å². The minimum Gasteiger partial charge on any atom is -0.495 e. The Hall–Kier alpha value is -0.930. The number of hydrogen-bond acceptors (Lipinski definition) is 3. The molecule has 0 aromatic heterocycles. The quantitative estimate of drug-likeness (QED) is 0.834. The van der Waals surface area contributed by atoms with Crippen LogP contribution >= 0.6 is 11.6 Å². The van der Waals surface area contributed by atoms with Crippen LogP contribution in [0.5, 0.6) is 5.75 Å². The van der Waals surface area contributed by atoms with Crippen molar-refractivity contribution < 1.29 is 9.84 Å². The van der Waals surface area contributed by atoms with Crippen LogP contribution in [0.1, 0.15) is 13.8 Å². The minimum atomic E-state index is -0.436. The van der Waals surface area contributed by atoms with Crippen LogP contribution in [0.2, 0.25) is 5.02 Å². The summed E-state index contributed by atoms with van der Waals surface area (Å²) in [4.78, 5) is 0. The number of anilines is 1. The lowest BCUT2D eigenvalue weighted by atomic mass is 10.2. The SMILES string of the molecule is COc1ccc(Cl)cc1NC(C)C(C)O. The zero-order valence-corrected chi connectivity index (χ0v) is 9.88. The summed E-state index contributed by atoms with van der Waals surface area (Å²) in [6, 6.07) is 5.27. The predicted molar refractivity (Wildman–Crippen MR) is 62.8 cm³/mol. The molecule has 0 amide bonds. The van der Waals surface area contributed by atoms with Gasteiger partial charge in [0.15, 0.2) is 0 Å². The second-order valence-corrected chi connectivity index (χ2v) is 3.95. The Morgan fingerprint density at radius 3 is 2.60 bits per heavy atom. The van der Waals surface area contributed by atoms with Gasteiger partial charge in [-0.25, -0.2) is 0 Å². The summed E-state index contributed by atoms with van der Waals surface area (Å²) < 4.78 is 5.18. The first-order chi connectivity index (χ1) is 7.04. The molecular weight excluding hydrogens is 214 g/mol. The van der Waals surface area contributed by atoms with Crippen molar-refractivity contribution in [2.75, 3.05) is 12.4 Å². The Kier molecular flexibility index (Phi) is 4.24. The Bertz CT molecular complexity index is 328. The van der Waals surface area contributed by atoms with E-state index in [9.17, 15) is 5.11 Å². The number of aliphatic hydroxyl groups excluding tert-OH is 1. The van der Waals surface area contributed by atoms with E-state index < -0.39 is 6.10 Å². The van der Waals surface area contributed by atoms with E-state index in [1.165, 1.54) is 0 Å². The average molecular weight is 230 g/mol. The summed E-state index contributed by atoms with van der Waals surface area (Å²) in [5.74, 6) is 0.715. The first kappa shape index (κ1) is 12.1. The fourth-order valence-electron chi connectivity index (χ4n) is 1.16. The maximum Gasteiger partial charge on any atom is 0.142 e. The molecule has 1 rings (SSSR count). The molecule has 0 saturated heterocycles. The predicted octanol–water partition coefficient (Wildman–Crippen LogP) is 2.53. The number of halogens is 1. The summed E-state index contributed by atoms with van der Waals surface area (Å²) >= 11 is 5.88. The van der Waals surface area contributed by atoms with Crippen LogP contribution in [0.3, 0.4) is 0 Å². The lowest BCUT2D eigenvalue weighted by Crippen LogP contribution is -2.27. The summed E-state index contributed by atoms with van der Waals surface area (Å²) in [5, 5.41) is 13.2. The van der Waals surface area contributed by atoms with E-state index in [0.717, 1.165) is 5.69 Å². The molecule has 2 N–H and O–H groups in total. The number of benzene rings is 1. The fraction of sp³-hybridized carbons (Fsp3) is 0.455. The van der Waals surface area contributed by atoms with Crippen LogP contribution in [-0.4, -0.2) is 24.4 Å². The molecule has 2 unspecified atom stereocenters. The molecule has 2 atom stereocenters. The lowest BCUT2D eigenvalue weighted by Gasteiger charge is -2.19. The number of hydrogen-bond donors (Lipinski definition) is 2. The molecule has 0 aliphatic carbocycles. The minimum absolute atomic E-state index is 0.0580.